The summed E-state index contributed by atoms with van der Waals surface area (Å²) in [6.45, 7) is 8.85. The normalized spacial score (nSPS) is 33.0. The Bertz CT molecular complexity index is 2900. The van der Waals surface area contributed by atoms with Gasteiger partial charge in [-0.25, -0.2) is 9.59 Å². The Balaban J connectivity index is 0.685. The molecule has 2 bridgehead atoms. The zero-order valence-corrected chi connectivity index (χ0v) is 45.4. The summed E-state index contributed by atoms with van der Waals surface area (Å²) < 4.78 is 24.5. The molecule has 4 amide bonds. The quantitative estimate of drug-likeness (QED) is 0.0719. The fraction of sp³-hybridized carbons (Fsp3) is 0.548. The number of allylic oxidation sites excluding steroid dienone is 4. The summed E-state index contributed by atoms with van der Waals surface area (Å²) in [6, 6.07) is 23.2. The maximum Gasteiger partial charge on any atom is 0.407 e. The molecular weight excluding hydrogens is 993 g/mol. The summed E-state index contributed by atoms with van der Waals surface area (Å²) in [5.41, 5.74) is 3.54. The summed E-state index contributed by atoms with van der Waals surface area (Å²) in [5, 5.41) is 33.9. The van der Waals surface area contributed by atoms with Gasteiger partial charge in [0.05, 0.1) is 12.2 Å². The average Bonchev–Trinajstić information content (AvgIpc) is 2.67. The summed E-state index contributed by atoms with van der Waals surface area (Å²) in [7, 11) is 0. The van der Waals surface area contributed by atoms with E-state index in [4.69, 9.17) is 18.9 Å². The fourth-order valence-corrected chi connectivity index (χ4v) is 16.0. The van der Waals surface area contributed by atoms with Gasteiger partial charge in [-0.1, -0.05) is 98.3 Å². The van der Waals surface area contributed by atoms with Crippen molar-refractivity contribution in [1.82, 2.24) is 21.3 Å². The van der Waals surface area contributed by atoms with E-state index in [1.807, 2.05) is 61.5 Å². The Hall–Kier alpha value is -6.20. The van der Waals surface area contributed by atoms with Gasteiger partial charge in [0.15, 0.2) is 23.5 Å². The number of amides is 4. The highest BCUT2D eigenvalue weighted by Gasteiger charge is 2.76. The summed E-state index contributed by atoms with van der Waals surface area (Å²) in [5.74, 6) is -1.50. The molecule has 3 aromatic carbocycles. The fourth-order valence-electron chi connectivity index (χ4n) is 16.0. The minimum absolute atomic E-state index is 0.00175. The zero-order valence-electron chi connectivity index (χ0n) is 45.4. The van der Waals surface area contributed by atoms with Crippen LogP contribution in [0.1, 0.15) is 133 Å². The number of aliphatic hydroxyl groups is 2. The molecule has 0 unspecified atom stereocenters. The van der Waals surface area contributed by atoms with E-state index in [0.717, 1.165) is 77.5 Å². The second kappa shape index (κ2) is 20.2. The van der Waals surface area contributed by atoms with Crippen molar-refractivity contribution in [2.45, 2.75) is 152 Å². The Morgan fingerprint density at radius 3 is 2.26 bits per heavy atom. The van der Waals surface area contributed by atoms with Gasteiger partial charge in [0, 0.05) is 40.3 Å². The standard InChI is InChI=1S/C62H74N4O12/c1-57(2,3)78-56(74)63-25-11-10-16-47(65-51(71)30-64-55(73)75-32-45-42-14-8-6-12-40(42)41-13-7-9-15-43(41)45)53(72)66-61-33-60(34-61,35-61)28-36-17-19-37(20-18-36)54-76-50-27-46-44-22-21-38-26-39(68)23-24-58(38,4)52(44)48(69)29-59(46,5)62(50,77-54)49(70)31-67/h6-9,12-15,17-20,23-24,26,44-48,50,52,54,67,69H,10-11,16,21-22,25,27-35H2,1-5H3,(H,63,74)(H,64,73)(H,65,71)(H,66,72)/t44-,46-,47-,48-,50+,52+,54+,58-,59-,60?,61?,62+/m0/s1. The molecule has 1 heterocycles. The first-order valence-corrected chi connectivity index (χ1v) is 28.0. The van der Waals surface area contributed by atoms with Crippen LogP contribution in [-0.4, -0.2) is 107 Å². The Kier molecular flexibility index (Phi) is 13.9. The molecule has 78 heavy (non-hydrogen) atoms. The van der Waals surface area contributed by atoms with Gasteiger partial charge in [0.1, 0.15) is 31.4 Å². The van der Waals surface area contributed by atoms with Gasteiger partial charge in [-0.2, -0.15) is 0 Å². The van der Waals surface area contributed by atoms with Crippen molar-refractivity contribution in [3.63, 3.8) is 0 Å². The molecule has 12 rings (SSSR count). The number of rotatable bonds is 17. The molecule has 3 aromatic rings. The number of unbranched alkanes of at least 4 members (excludes halogenated alkanes) is 1. The van der Waals surface area contributed by atoms with Gasteiger partial charge in [0.2, 0.25) is 11.8 Å². The van der Waals surface area contributed by atoms with Gasteiger partial charge in [-0.3, -0.25) is 19.2 Å². The number of hydrogen-bond donors (Lipinski definition) is 6. The van der Waals surface area contributed by atoms with Crippen LogP contribution in [0.5, 0.6) is 0 Å². The van der Waals surface area contributed by atoms with E-state index < -0.39 is 82.6 Å². The number of carbonyl (C=O) groups is 6. The van der Waals surface area contributed by atoms with Crippen molar-refractivity contribution >= 4 is 35.6 Å². The predicted molar refractivity (Wildman–Crippen MR) is 287 cm³/mol. The van der Waals surface area contributed by atoms with Crippen LogP contribution in [0.15, 0.2) is 96.6 Å². The Morgan fingerprint density at radius 1 is 0.885 bits per heavy atom. The van der Waals surface area contributed by atoms with Crippen molar-refractivity contribution in [1.29, 1.82) is 0 Å². The lowest BCUT2D eigenvalue weighted by molar-refractivity contribution is -0.201. The molecule has 7 fully saturated rings. The number of fused-ring (bicyclic) bond motifs is 10. The number of nitrogens with one attached hydrogen (secondary N) is 4. The van der Waals surface area contributed by atoms with Crippen LogP contribution in [-0.2, 0) is 44.5 Å². The molecule has 0 spiro atoms. The molecule has 0 radical (unpaired) electrons. The molecule has 6 N–H and O–H groups in total. The first-order valence-electron chi connectivity index (χ1n) is 28.0. The van der Waals surface area contributed by atoms with E-state index in [1.54, 1.807) is 32.9 Å². The monoisotopic (exact) mass is 1070 g/mol. The van der Waals surface area contributed by atoms with Gasteiger partial charge in [-0.05, 0) is 149 Å². The summed E-state index contributed by atoms with van der Waals surface area (Å²) >= 11 is 0. The third-order valence-corrected chi connectivity index (χ3v) is 19.1. The first-order chi connectivity index (χ1) is 37.2. The second-order valence-electron chi connectivity index (χ2n) is 25.3. The molecule has 414 valence electrons. The van der Waals surface area contributed by atoms with Crippen molar-refractivity contribution in [2.75, 3.05) is 26.3 Å². The SMILES string of the molecule is CC(C)(C)OC(=O)NCCCC[C@H](NC(=O)CNC(=O)OCC1c2ccccc2-c2ccccc21)C(=O)NC12CC(Cc3ccc([C@@H]4O[C@@H]5C[C@H]6[C@@H]7CCC8=CC(=O)C=C[C@]8(C)[C@H]7[C@@H](O)C[C@]6(C)[C@]5(C(=O)CO)O4)cc3)(C1)C2. The maximum absolute atomic E-state index is 14.1. The van der Waals surface area contributed by atoms with Gasteiger partial charge >= 0.3 is 12.2 Å². The third-order valence-electron chi connectivity index (χ3n) is 19.1. The number of ether oxygens (including phenoxy) is 4. The second-order valence-corrected chi connectivity index (χ2v) is 25.3. The van der Waals surface area contributed by atoms with Crippen LogP contribution in [0.25, 0.3) is 11.1 Å². The van der Waals surface area contributed by atoms with E-state index in [0.29, 0.717) is 38.6 Å². The molecule has 16 nitrogen and oxygen atoms in total. The molecule has 1 aliphatic heterocycles. The lowest BCUT2D eigenvalue weighted by atomic mass is 9.38. The molecule has 9 aliphatic rings. The molecule has 0 aromatic heterocycles. The molecule has 10 atom stereocenters. The van der Waals surface area contributed by atoms with E-state index in [9.17, 15) is 39.0 Å². The van der Waals surface area contributed by atoms with Crippen molar-refractivity contribution < 1.29 is 57.9 Å². The number of hydrogen-bond acceptors (Lipinski definition) is 12. The molecule has 16 heteroatoms. The predicted octanol–water partition coefficient (Wildman–Crippen LogP) is 7.59. The largest absolute Gasteiger partial charge is 0.449 e. The van der Waals surface area contributed by atoms with Crippen LogP contribution in [0.3, 0.4) is 0 Å². The minimum atomic E-state index is -1.44. The van der Waals surface area contributed by atoms with Crippen LogP contribution >= 0.6 is 0 Å². The molecular formula is C62H74N4O12. The van der Waals surface area contributed by atoms with E-state index in [1.165, 1.54) is 0 Å². The smallest absolute Gasteiger partial charge is 0.407 e. The number of alkyl carbamates (subject to hydrolysis) is 2. The number of ketones is 2. The summed E-state index contributed by atoms with van der Waals surface area (Å²) in [6.07, 6.45) is 8.69. The number of carbonyl (C=O) groups excluding carboxylic acids is 6. The molecule has 6 saturated carbocycles. The van der Waals surface area contributed by atoms with Gasteiger partial charge in [0.25, 0.3) is 0 Å². The Morgan fingerprint density at radius 2 is 1.58 bits per heavy atom. The van der Waals surface area contributed by atoms with Crippen molar-refractivity contribution in [3.8, 4) is 11.1 Å². The lowest BCUT2D eigenvalue weighted by Gasteiger charge is -2.71. The lowest BCUT2D eigenvalue weighted by Crippen LogP contribution is -2.76. The average molecular weight is 1070 g/mol. The highest BCUT2D eigenvalue weighted by Crippen LogP contribution is 2.71. The highest BCUT2D eigenvalue weighted by molar-refractivity contribution is 6.01. The number of aliphatic hydroxyl groups excluding tert-OH is 2. The van der Waals surface area contributed by atoms with Gasteiger partial charge in [-0.15, -0.1) is 0 Å². The topological polar surface area (TPSA) is 228 Å². The van der Waals surface area contributed by atoms with Crippen LogP contribution in [0.2, 0.25) is 0 Å². The molecule has 1 saturated heterocycles. The van der Waals surface area contributed by atoms with Gasteiger partial charge < -0.3 is 50.4 Å². The number of Topliss-reactive ketones (excluding diaryl/α,β-unsaturated/α-hetero) is 1. The third kappa shape index (κ3) is 9.47. The van der Waals surface area contributed by atoms with Crippen LogP contribution in [0.4, 0.5) is 9.59 Å². The minimum Gasteiger partial charge on any atom is -0.449 e. The first kappa shape index (κ1) is 53.8. The van der Waals surface area contributed by atoms with E-state index in [-0.39, 0.29) is 53.9 Å². The Labute approximate surface area is 455 Å². The van der Waals surface area contributed by atoms with Crippen molar-refractivity contribution in [3.05, 3.63) is 119 Å². The van der Waals surface area contributed by atoms with Crippen molar-refractivity contribution in [2.24, 2.45) is 34.0 Å². The van der Waals surface area contributed by atoms with E-state index >= 15 is 0 Å². The van der Waals surface area contributed by atoms with E-state index in [2.05, 4.69) is 52.5 Å². The summed E-state index contributed by atoms with van der Waals surface area (Å²) in [4.78, 5) is 79.1. The maximum atomic E-state index is 14.1. The van der Waals surface area contributed by atoms with Crippen LogP contribution < -0.4 is 21.3 Å². The zero-order chi connectivity index (χ0) is 55.0. The highest BCUT2D eigenvalue weighted by atomic mass is 16.7. The number of benzene rings is 3. The van der Waals surface area contributed by atoms with Crippen LogP contribution in [0, 0.1) is 34.0 Å². The molecule has 8 aliphatic carbocycles.